The zero-order valence-electron chi connectivity index (χ0n) is 10.6. The third-order valence-corrected chi connectivity index (χ3v) is 3.27. The van der Waals surface area contributed by atoms with Gasteiger partial charge in [0.1, 0.15) is 11.5 Å². The van der Waals surface area contributed by atoms with Crippen LogP contribution < -0.4 is 4.74 Å². The second kappa shape index (κ2) is 4.65. The maximum absolute atomic E-state index is 10.2. The van der Waals surface area contributed by atoms with Crippen LogP contribution in [0.4, 0.5) is 0 Å². The summed E-state index contributed by atoms with van der Waals surface area (Å²) in [4.78, 5) is 0. The van der Waals surface area contributed by atoms with Gasteiger partial charge in [-0.3, -0.25) is 0 Å². The van der Waals surface area contributed by atoms with Crippen molar-refractivity contribution >= 4 is 10.8 Å². The van der Waals surface area contributed by atoms with E-state index in [1.54, 1.807) is 13.2 Å². The summed E-state index contributed by atoms with van der Waals surface area (Å²) in [7, 11) is 1.64. The highest BCUT2D eigenvalue weighted by Gasteiger charge is 2.06. The van der Waals surface area contributed by atoms with E-state index in [0.717, 1.165) is 27.6 Å². The fourth-order valence-electron chi connectivity index (χ4n) is 2.23. The number of methoxy groups -OCH3 is 1. The molecule has 0 bridgehead atoms. The Labute approximate surface area is 111 Å². The molecule has 1 N–H and O–H groups in total. The van der Waals surface area contributed by atoms with Gasteiger partial charge in [-0.1, -0.05) is 36.4 Å². The second-order valence-corrected chi connectivity index (χ2v) is 4.45. The van der Waals surface area contributed by atoms with Gasteiger partial charge in [-0.05, 0) is 40.6 Å². The number of rotatable bonds is 2. The van der Waals surface area contributed by atoms with Crippen LogP contribution in [0.1, 0.15) is 0 Å². The normalized spacial score (nSPS) is 10.6. The van der Waals surface area contributed by atoms with Crippen LogP contribution in [-0.4, -0.2) is 12.2 Å². The molecule has 0 aliphatic carbocycles. The zero-order chi connectivity index (χ0) is 13.2. The van der Waals surface area contributed by atoms with Gasteiger partial charge in [0.05, 0.1) is 7.11 Å². The van der Waals surface area contributed by atoms with E-state index in [-0.39, 0.29) is 0 Å². The Bertz CT molecular complexity index is 715. The van der Waals surface area contributed by atoms with Gasteiger partial charge < -0.3 is 9.84 Å². The third-order valence-electron chi connectivity index (χ3n) is 3.27. The van der Waals surface area contributed by atoms with Crippen LogP contribution in [0.2, 0.25) is 0 Å². The van der Waals surface area contributed by atoms with Gasteiger partial charge in [0, 0.05) is 5.56 Å². The molecule has 94 valence electrons. The Balaban J connectivity index is 2.15. The van der Waals surface area contributed by atoms with Gasteiger partial charge in [0.15, 0.2) is 0 Å². The lowest BCUT2D eigenvalue weighted by molar-refractivity contribution is 0.415. The molecule has 0 unspecified atom stereocenters. The Kier molecular flexibility index (Phi) is 2.84. The predicted molar refractivity (Wildman–Crippen MR) is 77.6 cm³/mol. The van der Waals surface area contributed by atoms with E-state index in [1.165, 1.54) is 0 Å². The van der Waals surface area contributed by atoms with E-state index in [9.17, 15) is 5.11 Å². The number of phenolic OH excluding ortho intramolecular Hbond substituents is 1. The third kappa shape index (κ3) is 2.13. The fourth-order valence-corrected chi connectivity index (χ4v) is 2.23. The van der Waals surface area contributed by atoms with Crippen LogP contribution in [0.15, 0.2) is 60.7 Å². The van der Waals surface area contributed by atoms with Crippen LogP contribution >= 0.6 is 0 Å². The van der Waals surface area contributed by atoms with E-state index in [1.807, 2.05) is 54.6 Å². The zero-order valence-corrected chi connectivity index (χ0v) is 10.6. The van der Waals surface area contributed by atoms with Crippen molar-refractivity contribution in [3.63, 3.8) is 0 Å². The summed E-state index contributed by atoms with van der Waals surface area (Å²) in [5, 5.41) is 12.3. The molecule has 3 aromatic rings. The first-order valence-corrected chi connectivity index (χ1v) is 6.14. The summed E-state index contributed by atoms with van der Waals surface area (Å²) < 4.78 is 5.14. The molecule has 2 nitrogen and oxygen atoms in total. The van der Waals surface area contributed by atoms with E-state index < -0.39 is 0 Å². The first kappa shape index (κ1) is 11.6. The molecule has 3 rings (SSSR count). The smallest absolute Gasteiger partial charge is 0.124 e. The molecule has 0 fully saturated rings. The van der Waals surface area contributed by atoms with Crippen molar-refractivity contribution in [2.75, 3.05) is 7.11 Å². The lowest BCUT2D eigenvalue weighted by atomic mass is 10.00. The van der Waals surface area contributed by atoms with E-state index >= 15 is 0 Å². The lowest BCUT2D eigenvalue weighted by Gasteiger charge is -2.08. The Hall–Kier alpha value is -2.48. The predicted octanol–water partition coefficient (Wildman–Crippen LogP) is 4.22. The monoisotopic (exact) mass is 250 g/mol. The van der Waals surface area contributed by atoms with E-state index in [0.29, 0.717) is 5.75 Å². The second-order valence-electron chi connectivity index (χ2n) is 4.45. The molecule has 0 saturated heterocycles. The van der Waals surface area contributed by atoms with Gasteiger partial charge in [-0.2, -0.15) is 0 Å². The van der Waals surface area contributed by atoms with Crippen molar-refractivity contribution in [3.8, 4) is 22.6 Å². The molecule has 0 heterocycles. The van der Waals surface area contributed by atoms with Gasteiger partial charge in [0.25, 0.3) is 0 Å². The SMILES string of the molecule is COc1ccc(-c2cc3ccccc3cc2O)cc1. The van der Waals surface area contributed by atoms with Crippen molar-refractivity contribution in [2.45, 2.75) is 0 Å². The Morgan fingerprint density at radius 2 is 1.47 bits per heavy atom. The highest BCUT2D eigenvalue weighted by molar-refractivity contribution is 5.90. The topological polar surface area (TPSA) is 29.5 Å². The maximum atomic E-state index is 10.2. The average Bonchev–Trinajstić information content (AvgIpc) is 2.47. The van der Waals surface area contributed by atoms with Crippen LogP contribution in [0.5, 0.6) is 11.5 Å². The van der Waals surface area contributed by atoms with E-state index in [4.69, 9.17) is 4.74 Å². The number of hydrogen-bond acceptors (Lipinski definition) is 2. The largest absolute Gasteiger partial charge is 0.507 e. The fraction of sp³-hybridized carbons (Fsp3) is 0.0588. The number of phenols is 1. The van der Waals surface area contributed by atoms with E-state index in [2.05, 4.69) is 0 Å². The first-order chi connectivity index (χ1) is 9.28. The molecule has 3 aromatic carbocycles. The summed E-state index contributed by atoms with van der Waals surface area (Å²) in [6.07, 6.45) is 0. The molecule has 2 heteroatoms. The summed E-state index contributed by atoms with van der Waals surface area (Å²) in [6, 6.07) is 19.5. The molecule has 0 spiro atoms. The minimum Gasteiger partial charge on any atom is -0.507 e. The molecule has 0 aliphatic heterocycles. The first-order valence-electron chi connectivity index (χ1n) is 6.14. The molecule has 0 aliphatic rings. The number of benzene rings is 3. The number of aromatic hydroxyl groups is 1. The van der Waals surface area contributed by atoms with Gasteiger partial charge in [-0.25, -0.2) is 0 Å². The van der Waals surface area contributed by atoms with Crippen molar-refractivity contribution in [1.29, 1.82) is 0 Å². The minimum atomic E-state index is 0.295. The summed E-state index contributed by atoms with van der Waals surface area (Å²) in [5.41, 5.74) is 1.81. The van der Waals surface area contributed by atoms with Crippen molar-refractivity contribution < 1.29 is 9.84 Å². The molecule has 0 amide bonds. The summed E-state index contributed by atoms with van der Waals surface area (Å²) in [6.45, 7) is 0. The van der Waals surface area contributed by atoms with Crippen molar-refractivity contribution in [1.82, 2.24) is 0 Å². The number of fused-ring (bicyclic) bond motifs is 1. The van der Waals surface area contributed by atoms with Crippen LogP contribution in [-0.2, 0) is 0 Å². The molecule has 0 saturated carbocycles. The molecule has 0 aromatic heterocycles. The molecule has 0 atom stereocenters. The quantitative estimate of drug-likeness (QED) is 0.737. The van der Waals surface area contributed by atoms with Gasteiger partial charge >= 0.3 is 0 Å². The molecule has 19 heavy (non-hydrogen) atoms. The van der Waals surface area contributed by atoms with Crippen LogP contribution in [0.25, 0.3) is 21.9 Å². The van der Waals surface area contributed by atoms with Crippen LogP contribution in [0.3, 0.4) is 0 Å². The van der Waals surface area contributed by atoms with Crippen molar-refractivity contribution in [2.24, 2.45) is 0 Å². The van der Waals surface area contributed by atoms with Crippen LogP contribution in [0, 0.1) is 0 Å². The van der Waals surface area contributed by atoms with Gasteiger partial charge in [-0.15, -0.1) is 0 Å². The minimum absolute atomic E-state index is 0.295. The highest BCUT2D eigenvalue weighted by Crippen LogP contribution is 2.33. The van der Waals surface area contributed by atoms with Gasteiger partial charge in [0.2, 0.25) is 0 Å². The Morgan fingerprint density at radius 1 is 0.842 bits per heavy atom. The Morgan fingerprint density at radius 3 is 2.11 bits per heavy atom. The molecular weight excluding hydrogens is 236 g/mol. The number of ether oxygens (including phenoxy) is 1. The molecule has 0 radical (unpaired) electrons. The highest BCUT2D eigenvalue weighted by atomic mass is 16.5. The average molecular weight is 250 g/mol. The van der Waals surface area contributed by atoms with Crippen molar-refractivity contribution in [3.05, 3.63) is 60.7 Å². The number of hydrogen-bond donors (Lipinski definition) is 1. The molecular formula is C17H14O2. The maximum Gasteiger partial charge on any atom is 0.124 e. The lowest BCUT2D eigenvalue weighted by Crippen LogP contribution is -1.84. The summed E-state index contributed by atoms with van der Waals surface area (Å²) in [5.74, 6) is 1.10. The summed E-state index contributed by atoms with van der Waals surface area (Å²) >= 11 is 0. The standard InChI is InChI=1S/C17H14O2/c1-19-15-8-6-12(7-9-15)16-10-13-4-2-3-5-14(13)11-17(16)18/h2-11,18H,1H3.